The van der Waals surface area contributed by atoms with Gasteiger partial charge in [0.15, 0.2) is 0 Å². The Kier molecular flexibility index (Phi) is 15.3. The molecule has 0 bridgehead atoms. The van der Waals surface area contributed by atoms with Gasteiger partial charge in [0.25, 0.3) is 0 Å². The summed E-state index contributed by atoms with van der Waals surface area (Å²) in [5.41, 5.74) is 0. The zero-order chi connectivity index (χ0) is 13.3. The lowest BCUT2D eigenvalue weighted by molar-refractivity contribution is 0.294. The molecule has 0 fully saturated rings. The lowest BCUT2D eigenvalue weighted by atomic mass is 10.1. The van der Waals surface area contributed by atoms with Crippen molar-refractivity contribution in [2.75, 3.05) is 6.61 Å². The van der Waals surface area contributed by atoms with Crippen molar-refractivity contribution in [3.63, 3.8) is 0 Å². The summed E-state index contributed by atoms with van der Waals surface area (Å²) in [7, 11) is 0. The van der Waals surface area contributed by atoms with Gasteiger partial charge in [-0.15, -0.1) is 0 Å². The smallest absolute Gasteiger partial charge is 0.148 e. The molecular weight excluding hydrogens is 220 g/mol. The van der Waals surface area contributed by atoms with E-state index in [1.54, 1.807) is 6.26 Å². The first-order valence-electron chi connectivity index (χ1n) is 7.64. The Hall–Kier alpha value is -0.900. The van der Waals surface area contributed by atoms with Crippen molar-refractivity contribution in [1.82, 2.24) is 0 Å². The minimum absolute atomic E-state index is 0.538. The summed E-state index contributed by atoms with van der Waals surface area (Å²) in [6, 6.07) is 0. The fourth-order valence-electron chi connectivity index (χ4n) is 1.67. The molecule has 1 heteroatoms. The highest BCUT2D eigenvalue weighted by Crippen LogP contribution is 2.07. The van der Waals surface area contributed by atoms with Crippen LogP contribution in [-0.2, 0) is 4.74 Å². The van der Waals surface area contributed by atoms with Gasteiger partial charge in [-0.05, 0) is 25.3 Å². The van der Waals surface area contributed by atoms with Crippen molar-refractivity contribution in [3.8, 4) is 11.8 Å². The van der Waals surface area contributed by atoms with Crippen molar-refractivity contribution >= 4 is 0 Å². The average Bonchev–Trinajstić information content (AvgIpc) is 2.39. The molecule has 0 aromatic rings. The van der Waals surface area contributed by atoms with Crippen molar-refractivity contribution in [3.05, 3.63) is 12.3 Å². The molecule has 18 heavy (non-hydrogen) atoms. The van der Waals surface area contributed by atoms with Gasteiger partial charge in [0.05, 0.1) is 6.26 Å². The molecule has 0 aromatic carbocycles. The fourth-order valence-corrected chi connectivity index (χ4v) is 1.67. The summed E-state index contributed by atoms with van der Waals surface area (Å²) in [5, 5.41) is 0. The molecule has 0 aliphatic heterocycles. The van der Waals surface area contributed by atoms with Gasteiger partial charge in [0.1, 0.15) is 6.61 Å². The molecule has 0 saturated carbocycles. The topological polar surface area (TPSA) is 9.23 Å². The van der Waals surface area contributed by atoms with Crippen LogP contribution in [0.4, 0.5) is 0 Å². The first kappa shape index (κ1) is 17.1. The van der Waals surface area contributed by atoms with Gasteiger partial charge in [0, 0.05) is 6.42 Å². The van der Waals surface area contributed by atoms with E-state index >= 15 is 0 Å². The van der Waals surface area contributed by atoms with Crippen molar-refractivity contribution in [1.29, 1.82) is 0 Å². The molecule has 0 aliphatic rings. The lowest BCUT2D eigenvalue weighted by Gasteiger charge is -1.97. The van der Waals surface area contributed by atoms with Gasteiger partial charge in [-0.3, -0.25) is 0 Å². The largest absolute Gasteiger partial charge is 0.489 e. The quantitative estimate of drug-likeness (QED) is 0.269. The molecule has 1 nitrogen and oxygen atoms in total. The highest BCUT2D eigenvalue weighted by atomic mass is 16.5. The monoisotopic (exact) mass is 250 g/mol. The van der Waals surface area contributed by atoms with Crippen molar-refractivity contribution in [2.24, 2.45) is 0 Å². The summed E-state index contributed by atoms with van der Waals surface area (Å²) in [6.45, 7) is 4.98. The third kappa shape index (κ3) is 15.1. The standard InChI is InChI=1S/C17H30O/c1-3-5-7-9-10-11-13-15-17-18-16-14-12-8-6-4-2/h15,17H,3-11,13,16H2,1-2H3/b17-15+. The van der Waals surface area contributed by atoms with Crippen LogP contribution in [0, 0.1) is 11.8 Å². The summed E-state index contributed by atoms with van der Waals surface area (Å²) in [6.07, 6.45) is 16.6. The average molecular weight is 250 g/mol. The molecule has 0 rings (SSSR count). The molecule has 0 aliphatic carbocycles. The Labute approximate surface area is 114 Å². The first-order valence-corrected chi connectivity index (χ1v) is 7.64. The second-order valence-corrected chi connectivity index (χ2v) is 4.70. The number of hydrogen-bond donors (Lipinski definition) is 0. The third-order valence-corrected chi connectivity index (χ3v) is 2.85. The van der Waals surface area contributed by atoms with Gasteiger partial charge in [0.2, 0.25) is 0 Å². The number of hydrogen-bond acceptors (Lipinski definition) is 1. The van der Waals surface area contributed by atoms with Gasteiger partial charge >= 0.3 is 0 Å². The Morgan fingerprint density at radius 3 is 2.33 bits per heavy atom. The van der Waals surface area contributed by atoms with E-state index in [1.165, 1.54) is 51.4 Å². The van der Waals surface area contributed by atoms with E-state index in [0.717, 1.165) is 12.8 Å². The van der Waals surface area contributed by atoms with Crippen LogP contribution in [0.2, 0.25) is 0 Å². The highest BCUT2D eigenvalue weighted by Gasteiger charge is 1.87. The highest BCUT2D eigenvalue weighted by molar-refractivity contribution is 4.99. The number of unbranched alkanes of at least 4 members (excludes halogenated alkanes) is 8. The minimum Gasteiger partial charge on any atom is -0.489 e. The number of allylic oxidation sites excluding steroid dienone is 1. The Morgan fingerprint density at radius 1 is 0.833 bits per heavy atom. The molecule has 0 atom stereocenters. The molecule has 0 unspecified atom stereocenters. The second-order valence-electron chi connectivity index (χ2n) is 4.70. The molecule has 0 saturated heterocycles. The molecule has 0 aromatic heterocycles. The SMILES string of the molecule is CCCCC#CCO/C=C/CCCCCCCC. The molecule has 0 amide bonds. The predicted octanol–water partition coefficient (Wildman–Crippen LogP) is 5.46. The van der Waals surface area contributed by atoms with Crippen LogP contribution in [-0.4, -0.2) is 6.61 Å². The van der Waals surface area contributed by atoms with E-state index in [9.17, 15) is 0 Å². The Morgan fingerprint density at radius 2 is 1.56 bits per heavy atom. The van der Waals surface area contributed by atoms with Crippen molar-refractivity contribution < 1.29 is 4.74 Å². The molecule has 0 spiro atoms. The van der Waals surface area contributed by atoms with E-state index < -0.39 is 0 Å². The Bertz CT molecular complexity index is 232. The fraction of sp³-hybridized carbons (Fsp3) is 0.765. The number of ether oxygens (including phenoxy) is 1. The molecule has 104 valence electrons. The Balaban J connectivity index is 3.15. The number of rotatable bonds is 11. The second kappa shape index (κ2) is 16.1. The van der Waals surface area contributed by atoms with Crippen LogP contribution in [0.1, 0.15) is 78.1 Å². The molecule has 0 radical (unpaired) electrons. The normalized spacial score (nSPS) is 10.3. The molecule has 0 heterocycles. The van der Waals surface area contributed by atoms with Gasteiger partial charge in [-0.2, -0.15) is 0 Å². The third-order valence-electron chi connectivity index (χ3n) is 2.85. The van der Waals surface area contributed by atoms with Gasteiger partial charge < -0.3 is 4.74 Å². The maximum Gasteiger partial charge on any atom is 0.148 e. The van der Waals surface area contributed by atoms with Crippen LogP contribution in [0.15, 0.2) is 12.3 Å². The van der Waals surface area contributed by atoms with E-state index in [4.69, 9.17) is 4.74 Å². The zero-order valence-corrected chi connectivity index (χ0v) is 12.3. The summed E-state index contributed by atoms with van der Waals surface area (Å²) in [5.74, 6) is 6.13. The van der Waals surface area contributed by atoms with Crippen LogP contribution in [0.5, 0.6) is 0 Å². The molecular formula is C17H30O. The van der Waals surface area contributed by atoms with Gasteiger partial charge in [-0.1, -0.05) is 64.2 Å². The van der Waals surface area contributed by atoms with Crippen LogP contribution < -0.4 is 0 Å². The van der Waals surface area contributed by atoms with Crippen LogP contribution >= 0.6 is 0 Å². The summed E-state index contributed by atoms with van der Waals surface area (Å²) >= 11 is 0. The maximum absolute atomic E-state index is 5.30. The van der Waals surface area contributed by atoms with Crippen molar-refractivity contribution in [2.45, 2.75) is 78.1 Å². The summed E-state index contributed by atoms with van der Waals surface area (Å²) in [4.78, 5) is 0. The van der Waals surface area contributed by atoms with Gasteiger partial charge in [-0.25, -0.2) is 0 Å². The van der Waals surface area contributed by atoms with E-state index in [1.807, 2.05) is 0 Å². The minimum atomic E-state index is 0.538. The maximum atomic E-state index is 5.30. The molecule has 0 N–H and O–H groups in total. The zero-order valence-electron chi connectivity index (χ0n) is 12.3. The predicted molar refractivity (Wildman–Crippen MR) is 80.4 cm³/mol. The lowest BCUT2D eigenvalue weighted by Crippen LogP contribution is -1.82. The van der Waals surface area contributed by atoms with Crippen LogP contribution in [0.25, 0.3) is 0 Å². The van der Waals surface area contributed by atoms with E-state index in [0.29, 0.717) is 6.61 Å². The van der Waals surface area contributed by atoms with E-state index in [2.05, 4.69) is 31.8 Å². The van der Waals surface area contributed by atoms with E-state index in [-0.39, 0.29) is 0 Å². The van der Waals surface area contributed by atoms with Crippen LogP contribution in [0.3, 0.4) is 0 Å². The first-order chi connectivity index (χ1) is 8.91. The summed E-state index contributed by atoms with van der Waals surface area (Å²) < 4.78 is 5.30.